The lowest BCUT2D eigenvalue weighted by Gasteiger charge is -2.45. The van der Waals surface area contributed by atoms with Gasteiger partial charge in [-0.3, -0.25) is 14.5 Å². The minimum absolute atomic E-state index is 0.0645. The van der Waals surface area contributed by atoms with Crippen molar-refractivity contribution in [2.24, 2.45) is 5.92 Å². The summed E-state index contributed by atoms with van der Waals surface area (Å²) in [5.74, 6) is -1.54. The number of nitrogens with one attached hydrogen (secondary N) is 2. The third kappa shape index (κ3) is 8.62. The van der Waals surface area contributed by atoms with Crippen molar-refractivity contribution in [3.8, 4) is 0 Å². The zero-order valence-electron chi connectivity index (χ0n) is 25.5. The number of nitrogens with zero attached hydrogens (tertiary/aromatic N) is 2. The predicted molar refractivity (Wildman–Crippen MR) is 154 cm³/mol. The summed E-state index contributed by atoms with van der Waals surface area (Å²) in [5, 5.41) is 4.98. The van der Waals surface area contributed by atoms with Gasteiger partial charge >= 0.3 is 12.3 Å². The van der Waals surface area contributed by atoms with E-state index >= 15 is 0 Å². The smallest absolute Gasteiger partial charge is 0.412 e. The second kappa shape index (κ2) is 13.8. The lowest BCUT2D eigenvalue weighted by Crippen LogP contribution is -2.66. The van der Waals surface area contributed by atoms with Crippen LogP contribution >= 0.6 is 0 Å². The number of hydrogen-bond acceptors (Lipinski definition) is 6. The van der Waals surface area contributed by atoms with Gasteiger partial charge in [-0.15, -0.1) is 0 Å². The van der Waals surface area contributed by atoms with Crippen LogP contribution in [-0.4, -0.2) is 90.0 Å². The van der Waals surface area contributed by atoms with Gasteiger partial charge in [-0.2, -0.15) is 13.2 Å². The Morgan fingerprint density at radius 2 is 1.65 bits per heavy atom. The molecule has 3 aliphatic rings. The van der Waals surface area contributed by atoms with Crippen molar-refractivity contribution in [3.63, 3.8) is 0 Å². The number of carbonyl (C=O) groups excluding carboxylic acids is 3. The number of fused-ring (bicyclic) bond motifs is 1. The molecule has 2 aliphatic heterocycles. The summed E-state index contributed by atoms with van der Waals surface area (Å²) >= 11 is 0. The van der Waals surface area contributed by atoms with Crippen molar-refractivity contribution in [1.29, 1.82) is 0 Å². The molecule has 2 heterocycles. The molecular weight excluding hydrogens is 565 g/mol. The van der Waals surface area contributed by atoms with Gasteiger partial charge in [0.2, 0.25) is 11.8 Å². The molecule has 0 radical (unpaired) electrons. The van der Waals surface area contributed by atoms with Crippen LogP contribution in [0.15, 0.2) is 30.3 Å². The van der Waals surface area contributed by atoms with Crippen molar-refractivity contribution in [1.82, 2.24) is 20.4 Å². The van der Waals surface area contributed by atoms with E-state index in [0.717, 1.165) is 19.3 Å². The SMILES string of the molecule is CCO[C@@H]1C[C@@H]2CN(C(=O)[C@@H](NC(=O)OC(C)(C)C)C3CCCCC3)[C@H](C(=O)NC(c3ccccc3)C(F)(F)F)CN2C1. The summed E-state index contributed by atoms with van der Waals surface area (Å²) in [6.07, 6.45) is -0.728. The maximum atomic E-state index is 14.4. The fraction of sp³-hybridized carbons (Fsp3) is 0.710. The van der Waals surface area contributed by atoms with Crippen LogP contribution < -0.4 is 10.6 Å². The topological polar surface area (TPSA) is 100 Å². The number of benzene rings is 1. The second-order valence-corrected chi connectivity index (χ2v) is 12.8. The first-order valence-corrected chi connectivity index (χ1v) is 15.3. The van der Waals surface area contributed by atoms with Crippen molar-refractivity contribution in [3.05, 3.63) is 35.9 Å². The first-order valence-electron chi connectivity index (χ1n) is 15.3. The maximum absolute atomic E-state index is 14.4. The van der Waals surface area contributed by atoms with E-state index in [0.29, 0.717) is 32.4 Å². The highest BCUT2D eigenvalue weighted by atomic mass is 19.4. The standard InChI is InChI=1S/C31H45F3N4O5/c1-5-42-23-16-22-17-38(28(40)25(20-12-8-6-9-13-20)35-29(41)43-30(2,3)4)24(19-37(22)18-23)27(39)36-26(31(32,33)34)21-14-10-7-11-15-21/h7,10-11,14-15,20,22-26H,5-6,8-9,12-13,16-19H2,1-4H3,(H,35,41)(H,36,39)/t22-,23-,24+,25+,26?/m1/s1. The Hall–Kier alpha value is -2.86. The van der Waals surface area contributed by atoms with Crippen LogP contribution in [0.5, 0.6) is 0 Å². The number of rotatable bonds is 8. The third-order valence-electron chi connectivity index (χ3n) is 8.48. The molecule has 1 aromatic carbocycles. The molecule has 1 unspecified atom stereocenters. The summed E-state index contributed by atoms with van der Waals surface area (Å²) in [7, 11) is 0. The summed E-state index contributed by atoms with van der Waals surface area (Å²) in [4.78, 5) is 44.4. The fourth-order valence-electron chi connectivity index (χ4n) is 6.55. The molecule has 12 heteroatoms. The lowest BCUT2D eigenvalue weighted by molar-refractivity contribution is -0.167. The molecule has 9 nitrogen and oxygen atoms in total. The van der Waals surface area contributed by atoms with Crippen LogP contribution in [0.1, 0.15) is 77.8 Å². The van der Waals surface area contributed by atoms with Gasteiger partial charge in [-0.1, -0.05) is 49.6 Å². The summed E-state index contributed by atoms with van der Waals surface area (Å²) in [6.45, 7) is 8.30. The van der Waals surface area contributed by atoms with Gasteiger partial charge in [0.1, 0.15) is 17.7 Å². The first-order chi connectivity index (χ1) is 20.3. The molecule has 0 aromatic heterocycles. The van der Waals surface area contributed by atoms with Crippen LogP contribution in [0.4, 0.5) is 18.0 Å². The van der Waals surface area contributed by atoms with E-state index in [1.54, 1.807) is 26.8 Å². The van der Waals surface area contributed by atoms with Gasteiger partial charge in [-0.05, 0) is 58.4 Å². The Balaban J connectivity index is 1.64. The number of carbonyl (C=O) groups is 3. The van der Waals surface area contributed by atoms with E-state index in [9.17, 15) is 27.6 Å². The summed E-state index contributed by atoms with van der Waals surface area (Å²) in [5.41, 5.74) is -0.889. The summed E-state index contributed by atoms with van der Waals surface area (Å²) in [6, 6.07) is 2.69. The minimum atomic E-state index is -4.75. The molecule has 3 fully saturated rings. The maximum Gasteiger partial charge on any atom is 0.412 e. The van der Waals surface area contributed by atoms with Crippen LogP contribution in [-0.2, 0) is 19.1 Å². The summed E-state index contributed by atoms with van der Waals surface area (Å²) < 4.78 is 53.9. The fourth-order valence-corrected chi connectivity index (χ4v) is 6.55. The van der Waals surface area contributed by atoms with E-state index in [4.69, 9.17) is 9.47 Å². The number of amides is 3. The van der Waals surface area contributed by atoms with Crippen LogP contribution in [0.3, 0.4) is 0 Å². The molecule has 43 heavy (non-hydrogen) atoms. The Morgan fingerprint density at radius 1 is 0.977 bits per heavy atom. The second-order valence-electron chi connectivity index (χ2n) is 12.8. The van der Waals surface area contributed by atoms with E-state index in [-0.39, 0.29) is 36.7 Å². The molecule has 3 amide bonds. The first kappa shape index (κ1) is 33.0. The van der Waals surface area contributed by atoms with Crippen molar-refractivity contribution in [2.45, 2.75) is 108 Å². The number of piperazine rings is 1. The van der Waals surface area contributed by atoms with Crippen LogP contribution in [0.2, 0.25) is 0 Å². The van der Waals surface area contributed by atoms with Crippen LogP contribution in [0, 0.1) is 5.92 Å². The largest absolute Gasteiger partial charge is 0.444 e. The average molecular weight is 611 g/mol. The normalized spacial score (nSPS) is 25.0. The van der Waals surface area contributed by atoms with Gasteiger partial charge in [-0.25, -0.2) is 4.79 Å². The Kier molecular flexibility index (Phi) is 10.6. The highest BCUT2D eigenvalue weighted by Crippen LogP contribution is 2.35. The van der Waals surface area contributed by atoms with E-state index < -0.39 is 47.8 Å². The predicted octanol–water partition coefficient (Wildman–Crippen LogP) is 4.57. The number of halogens is 3. The van der Waals surface area contributed by atoms with Gasteiger partial charge < -0.3 is 25.0 Å². The molecule has 1 saturated carbocycles. The molecule has 2 N–H and O–H groups in total. The van der Waals surface area contributed by atoms with E-state index in [1.807, 2.05) is 11.8 Å². The van der Waals surface area contributed by atoms with Gasteiger partial charge in [0, 0.05) is 32.3 Å². The molecule has 0 spiro atoms. The molecule has 4 rings (SSSR count). The molecule has 240 valence electrons. The number of ether oxygens (including phenoxy) is 2. The molecule has 0 bridgehead atoms. The minimum Gasteiger partial charge on any atom is -0.444 e. The lowest BCUT2D eigenvalue weighted by atomic mass is 9.83. The Bertz CT molecular complexity index is 1110. The number of alkyl carbamates (subject to hydrolysis) is 1. The van der Waals surface area contributed by atoms with Crippen molar-refractivity contribution in [2.75, 3.05) is 26.2 Å². The number of hydrogen-bond donors (Lipinski definition) is 2. The van der Waals surface area contributed by atoms with Gasteiger partial charge in [0.05, 0.1) is 6.10 Å². The average Bonchev–Trinajstić information content (AvgIpc) is 3.34. The van der Waals surface area contributed by atoms with Crippen molar-refractivity contribution < 1.29 is 37.0 Å². The highest BCUT2D eigenvalue weighted by molar-refractivity contribution is 5.92. The molecule has 5 atom stereocenters. The molecule has 2 saturated heterocycles. The van der Waals surface area contributed by atoms with E-state index in [2.05, 4.69) is 10.6 Å². The number of alkyl halides is 3. The molecule has 1 aromatic rings. The molecular formula is C31H45F3N4O5. The van der Waals surface area contributed by atoms with Crippen molar-refractivity contribution >= 4 is 17.9 Å². The Labute approximate surface area is 251 Å². The van der Waals surface area contributed by atoms with Gasteiger partial charge in [0.25, 0.3) is 0 Å². The third-order valence-corrected chi connectivity index (χ3v) is 8.48. The Morgan fingerprint density at radius 3 is 2.26 bits per heavy atom. The monoisotopic (exact) mass is 610 g/mol. The highest BCUT2D eigenvalue weighted by Gasteiger charge is 2.49. The van der Waals surface area contributed by atoms with Gasteiger partial charge in [0.15, 0.2) is 6.04 Å². The molecule has 1 aliphatic carbocycles. The zero-order chi connectivity index (χ0) is 31.4. The van der Waals surface area contributed by atoms with E-state index in [1.165, 1.54) is 29.2 Å². The quantitative estimate of drug-likeness (QED) is 0.448. The zero-order valence-corrected chi connectivity index (χ0v) is 25.5. The van der Waals surface area contributed by atoms with Crippen LogP contribution in [0.25, 0.3) is 0 Å².